The van der Waals surface area contributed by atoms with E-state index in [4.69, 9.17) is 16.0 Å². The first-order chi connectivity index (χ1) is 9.51. The van der Waals surface area contributed by atoms with Crippen LogP contribution in [0.15, 0.2) is 28.7 Å². The van der Waals surface area contributed by atoms with Gasteiger partial charge in [0.2, 0.25) is 0 Å². The number of carbonyl (C=O) groups excluding carboxylic acids is 1. The second-order valence-electron chi connectivity index (χ2n) is 4.96. The molecule has 0 bridgehead atoms. The van der Waals surface area contributed by atoms with Crippen molar-refractivity contribution in [3.63, 3.8) is 0 Å². The van der Waals surface area contributed by atoms with Crippen molar-refractivity contribution >= 4 is 28.5 Å². The van der Waals surface area contributed by atoms with Gasteiger partial charge in [-0.3, -0.25) is 4.79 Å². The molecule has 2 N–H and O–H groups in total. The van der Waals surface area contributed by atoms with Crippen LogP contribution in [-0.2, 0) is 0 Å². The fraction of sp³-hybridized carbons (Fsp3) is 0.400. The molecule has 0 radical (unpaired) electrons. The van der Waals surface area contributed by atoms with E-state index in [1.807, 2.05) is 13.8 Å². The highest BCUT2D eigenvalue weighted by Gasteiger charge is 2.16. The summed E-state index contributed by atoms with van der Waals surface area (Å²) in [6.45, 7) is 4.16. The lowest BCUT2D eigenvalue weighted by Gasteiger charge is -2.16. The number of halogens is 1. The van der Waals surface area contributed by atoms with Crippen LogP contribution >= 0.6 is 11.6 Å². The lowest BCUT2D eigenvalue weighted by molar-refractivity contribution is 0.0829. The van der Waals surface area contributed by atoms with Crippen LogP contribution in [0.25, 0.3) is 11.0 Å². The zero-order valence-electron chi connectivity index (χ0n) is 11.5. The Bertz CT molecular complexity index is 608. The molecule has 2 atom stereocenters. The molecule has 0 aliphatic heterocycles. The molecular weight excluding hydrogens is 278 g/mol. The molecule has 0 aliphatic rings. The average molecular weight is 296 g/mol. The number of amides is 1. The van der Waals surface area contributed by atoms with Gasteiger partial charge in [-0.25, -0.2) is 0 Å². The predicted molar refractivity (Wildman–Crippen MR) is 79.0 cm³/mol. The van der Waals surface area contributed by atoms with Crippen molar-refractivity contribution in [3.8, 4) is 0 Å². The zero-order valence-corrected chi connectivity index (χ0v) is 12.3. The predicted octanol–water partition coefficient (Wildman–Crippen LogP) is 3.22. The summed E-state index contributed by atoms with van der Waals surface area (Å²) in [6, 6.07) is 6.82. The summed E-state index contributed by atoms with van der Waals surface area (Å²) < 4.78 is 5.45. The van der Waals surface area contributed by atoms with Crippen molar-refractivity contribution < 1.29 is 14.3 Å². The van der Waals surface area contributed by atoms with Crippen LogP contribution in [0.2, 0.25) is 5.02 Å². The minimum absolute atomic E-state index is 0.143. The van der Waals surface area contributed by atoms with Crippen molar-refractivity contribution in [3.05, 3.63) is 35.0 Å². The first-order valence-electron chi connectivity index (χ1n) is 6.66. The molecule has 0 saturated carbocycles. The molecule has 2 aromatic rings. The minimum Gasteiger partial charge on any atom is -0.451 e. The monoisotopic (exact) mass is 295 g/mol. The van der Waals surface area contributed by atoms with E-state index in [-0.39, 0.29) is 24.1 Å². The van der Waals surface area contributed by atoms with E-state index < -0.39 is 6.10 Å². The van der Waals surface area contributed by atoms with E-state index >= 15 is 0 Å². The fourth-order valence-corrected chi connectivity index (χ4v) is 2.06. The van der Waals surface area contributed by atoms with E-state index in [0.29, 0.717) is 10.6 Å². The molecule has 4 nitrogen and oxygen atoms in total. The molecule has 1 amide bonds. The molecule has 5 heteroatoms. The first kappa shape index (κ1) is 14.9. The molecule has 2 unspecified atom stereocenters. The van der Waals surface area contributed by atoms with E-state index in [0.717, 1.165) is 11.8 Å². The molecule has 0 saturated heterocycles. The van der Waals surface area contributed by atoms with Gasteiger partial charge in [-0.05, 0) is 30.2 Å². The molecule has 0 fully saturated rings. The number of aliphatic hydroxyl groups excluding tert-OH is 1. The molecule has 0 aliphatic carbocycles. The summed E-state index contributed by atoms with van der Waals surface area (Å²) in [5, 5.41) is 13.9. The Hall–Kier alpha value is -1.52. The molecular formula is C15H18ClNO3. The molecule has 1 aromatic carbocycles. The van der Waals surface area contributed by atoms with E-state index in [9.17, 15) is 9.90 Å². The van der Waals surface area contributed by atoms with E-state index in [1.54, 1.807) is 24.3 Å². The zero-order chi connectivity index (χ0) is 14.7. The van der Waals surface area contributed by atoms with Crippen LogP contribution in [0.4, 0.5) is 0 Å². The number of hydrogen-bond donors (Lipinski definition) is 2. The van der Waals surface area contributed by atoms with Crippen LogP contribution in [0.3, 0.4) is 0 Å². The molecule has 0 spiro atoms. The maximum Gasteiger partial charge on any atom is 0.287 e. The largest absolute Gasteiger partial charge is 0.451 e. The standard InChI is InChI=1S/C15H18ClNO3/c1-3-9(2)12(18)8-17-15(19)14-7-10-6-11(16)4-5-13(10)20-14/h4-7,9,12,18H,3,8H2,1-2H3,(H,17,19). The summed E-state index contributed by atoms with van der Waals surface area (Å²) in [7, 11) is 0. The highest BCUT2D eigenvalue weighted by Crippen LogP contribution is 2.23. The average Bonchev–Trinajstić information content (AvgIpc) is 2.86. The third kappa shape index (κ3) is 3.32. The van der Waals surface area contributed by atoms with Crippen LogP contribution in [0.1, 0.15) is 30.8 Å². The van der Waals surface area contributed by atoms with Crippen molar-refractivity contribution in [1.29, 1.82) is 0 Å². The number of nitrogens with one attached hydrogen (secondary N) is 1. The Morgan fingerprint density at radius 1 is 1.45 bits per heavy atom. The van der Waals surface area contributed by atoms with E-state index in [1.165, 1.54) is 0 Å². The van der Waals surface area contributed by atoms with Gasteiger partial charge in [-0.15, -0.1) is 0 Å². The van der Waals surface area contributed by atoms with E-state index in [2.05, 4.69) is 5.32 Å². The van der Waals surface area contributed by atoms with Crippen LogP contribution in [0.5, 0.6) is 0 Å². The van der Waals surface area contributed by atoms with Gasteiger partial charge < -0.3 is 14.8 Å². The second-order valence-corrected chi connectivity index (χ2v) is 5.39. The minimum atomic E-state index is -0.553. The van der Waals surface area contributed by atoms with Crippen LogP contribution in [0, 0.1) is 5.92 Å². The maximum atomic E-state index is 12.0. The summed E-state index contributed by atoms with van der Waals surface area (Å²) in [5.74, 6) is 0.0306. The van der Waals surface area contributed by atoms with Crippen molar-refractivity contribution in [2.45, 2.75) is 26.4 Å². The van der Waals surface area contributed by atoms with Gasteiger partial charge in [0, 0.05) is 17.0 Å². The summed E-state index contributed by atoms with van der Waals surface area (Å²) in [4.78, 5) is 12.0. The molecule has 2 rings (SSSR count). The SMILES string of the molecule is CCC(C)C(O)CNC(=O)c1cc2cc(Cl)ccc2o1. The first-order valence-corrected chi connectivity index (χ1v) is 7.04. The molecule has 108 valence electrons. The Balaban J connectivity index is 2.04. The summed E-state index contributed by atoms with van der Waals surface area (Å²) >= 11 is 5.89. The number of benzene rings is 1. The molecule has 20 heavy (non-hydrogen) atoms. The normalized spacial score (nSPS) is 14.2. The fourth-order valence-electron chi connectivity index (χ4n) is 1.88. The third-order valence-electron chi connectivity index (χ3n) is 3.47. The third-order valence-corrected chi connectivity index (χ3v) is 3.71. The van der Waals surface area contributed by atoms with Crippen molar-refractivity contribution in [2.75, 3.05) is 6.54 Å². The number of hydrogen-bond acceptors (Lipinski definition) is 3. The Labute approximate surface area is 122 Å². The van der Waals surface area contributed by atoms with Gasteiger partial charge in [0.05, 0.1) is 6.10 Å². The van der Waals surface area contributed by atoms with Gasteiger partial charge in [-0.2, -0.15) is 0 Å². The van der Waals surface area contributed by atoms with Crippen molar-refractivity contribution in [1.82, 2.24) is 5.32 Å². The topological polar surface area (TPSA) is 62.5 Å². The summed E-state index contributed by atoms with van der Waals surface area (Å²) in [5.41, 5.74) is 0.613. The van der Waals surface area contributed by atoms with Gasteiger partial charge in [0.25, 0.3) is 5.91 Å². The Morgan fingerprint density at radius 2 is 2.20 bits per heavy atom. The number of rotatable bonds is 5. The maximum absolute atomic E-state index is 12.0. The van der Waals surface area contributed by atoms with Crippen LogP contribution < -0.4 is 5.32 Å². The number of fused-ring (bicyclic) bond motifs is 1. The molecule has 1 aromatic heterocycles. The lowest BCUT2D eigenvalue weighted by Crippen LogP contribution is -2.35. The summed E-state index contributed by atoms with van der Waals surface area (Å²) in [6.07, 6.45) is 0.308. The second kappa shape index (κ2) is 6.29. The van der Waals surface area contributed by atoms with Gasteiger partial charge in [0.15, 0.2) is 5.76 Å². The van der Waals surface area contributed by atoms with Gasteiger partial charge in [0.1, 0.15) is 5.58 Å². The van der Waals surface area contributed by atoms with Crippen LogP contribution in [-0.4, -0.2) is 23.7 Å². The molecule has 1 heterocycles. The van der Waals surface area contributed by atoms with Gasteiger partial charge >= 0.3 is 0 Å². The highest BCUT2D eigenvalue weighted by molar-refractivity contribution is 6.31. The number of aliphatic hydroxyl groups is 1. The van der Waals surface area contributed by atoms with Gasteiger partial charge in [-0.1, -0.05) is 31.9 Å². The lowest BCUT2D eigenvalue weighted by atomic mass is 10.0. The number of furan rings is 1. The Morgan fingerprint density at radius 3 is 2.90 bits per heavy atom. The Kier molecular flexibility index (Phi) is 4.68. The quantitative estimate of drug-likeness (QED) is 0.890. The highest BCUT2D eigenvalue weighted by atomic mass is 35.5. The van der Waals surface area contributed by atoms with Crippen molar-refractivity contribution in [2.24, 2.45) is 5.92 Å². The number of carbonyl (C=O) groups is 1. The smallest absolute Gasteiger partial charge is 0.287 e.